The minimum atomic E-state index is -1.26. The Hall–Kier alpha value is -2.95. The number of rotatable bonds is 7. The summed E-state index contributed by atoms with van der Waals surface area (Å²) in [4.78, 5) is 58.1. The van der Waals surface area contributed by atoms with Gasteiger partial charge in [-0.15, -0.1) is 11.8 Å². The van der Waals surface area contributed by atoms with Gasteiger partial charge in [-0.05, 0) is 6.07 Å². The number of nitro groups is 1. The summed E-state index contributed by atoms with van der Waals surface area (Å²) in [6.45, 7) is 1.17. The monoisotopic (exact) mass is 381 g/mol. The highest BCUT2D eigenvalue weighted by molar-refractivity contribution is 8.00. The average molecular weight is 381 g/mol. The van der Waals surface area contributed by atoms with Gasteiger partial charge >= 0.3 is 5.97 Å². The Morgan fingerprint density at radius 1 is 1.42 bits per heavy atom. The number of thioether (sulfide) groups is 1. The molecule has 3 amide bonds. The number of carboxylic acid groups (broad SMARTS) is 1. The number of hydrogen-bond acceptors (Lipinski definition) is 7. The van der Waals surface area contributed by atoms with Crippen molar-refractivity contribution in [2.75, 3.05) is 10.7 Å². The van der Waals surface area contributed by atoms with Crippen LogP contribution in [0.2, 0.25) is 0 Å². The zero-order chi connectivity index (χ0) is 19.4. The lowest BCUT2D eigenvalue weighted by Gasteiger charge is -2.16. The van der Waals surface area contributed by atoms with Crippen LogP contribution < -0.4 is 10.2 Å². The number of carbonyl (C=O) groups is 4. The first-order chi connectivity index (χ1) is 12.2. The molecule has 1 saturated heterocycles. The van der Waals surface area contributed by atoms with Crippen molar-refractivity contribution in [3.8, 4) is 0 Å². The van der Waals surface area contributed by atoms with Gasteiger partial charge in [0.05, 0.1) is 10.2 Å². The predicted octanol–water partition coefficient (Wildman–Crippen LogP) is 0.549. The molecule has 1 aliphatic heterocycles. The van der Waals surface area contributed by atoms with Crippen LogP contribution in [0.15, 0.2) is 24.3 Å². The molecule has 10 nitrogen and oxygen atoms in total. The van der Waals surface area contributed by atoms with Gasteiger partial charge in [-0.2, -0.15) is 0 Å². The summed E-state index contributed by atoms with van der Waals surface area (Å²) in [6.07, 6.45) is -0.206. The Balaban J connectivity index is 2.15. The molecule has 2 rings (SSSR count). The van der Waals surface area contributed by atoms with E-state index in [1.807, 2.05) is 0 Å². The van der Waals surface area contributed by atoms with Crippen LogP contribution in [0.1, 0.15) is 13.3 Å². The van der Waals surface area contributed by atoms with Crippen molar-refractivity contribution < 1.29 is 29.2 Å². The summed E-state index contributed by atoms with van der Waals surface area (Å²) in [5.41, 5.74) is -0.492. The van der Waals surface area contributed by atoms with Crippen LogP contribution in [0.25, 0.3) is 0 Å². The first-order valence-corrected chi connectivity index (χ1v) is 8.49. The molecule has 0 bridgehead atoms. The van der Waals surface area contributed by atoms with E-state index in [4.69, 9.17) is 5.11 Å². The average Bonchev–Trinajstić information content (AvgIpc) is 2.84. The molecule has 1 heterocycles. The summed E-state index contributed by atoms with van der Waals surface area (Å²) in [7, 11) is 0. The topological polar surface area (TPSA) is 147 Å². The number of aliphatic carboxylic acids is 1. The Bertz CT molecular complexity index is 782. The molecule has 2 unspecified atom stereocenters. The van der Waals surface area contributed by atoms with Gasteiger partial charge in [-0.3, -0.25) is 24.5 Å². The Morgan fingerprint density at radius 2 is 2.08 bits per heavy atom. The van der Waals surface area contributed by atoms with Crippen molar-refractivity contribution in [3.63, 3.8) is 0 Å². The van der Waals surface area contributed by atoms with E-state index in [-0.39, 0.29) is 23.5 Å². The van der Waals surface area contributed by atoms with E-state index < -0.39 is 39.9 Å². The van der Waals surface area contributed by atoms with Crippen LogP contribution in [0.3, 0.4) is 0 Å². The molecule has 0 radical (unpaired) electrons. The minimum Gasteiger partial charge on any atom is -0.480 e. The van der Waals surface area contributed by atoms with Crippen molar-refractivity contribution in [1.29, 1.82) is 0 Å². The summed E-state index contributed by atoms with van der Waals surface area (Å²) in [5, 5.41) is 21.5. The van der Waals surface area contributed by atoms with Crippen LogP contribution in [-0.2, 0) is 19.2 Å². The number of carbonyl (C=O) groups excluding carboxylic acids is 3. The molecule has 1 aliphatic rings. The molecule has 138 valence electrons. The third-order valence-electron chi connectivity index (χ3n) is 3.56. The Morgan fingerprint density at radius 3 is 2.65 bits per heavy atom. The summed E-state index contributed by atoms with van der Waals surface area (Å²) < 4.78 is 0. The predicted molar refractivity (Wildman–Crippen MR) is 91.7 cm³/mol. The second-order valence-corrected chi connectivity index (χ2v) is 6.67. The molecule has 0 aromatic heterocycles. The fraction of sp³-hybridized carbons (Fsp3) is 0.333. The van der Waals surface area contributed by atoms with E-state index >= 15 is 0 Å². The smallest absolute Gasteiger partial charge is 0.327 e. The molecule has 1 aromatic rings. The molecule has 0 spiro atoms. The molecular formula is C15H15N3O7S. The first-order valence-electron chi connectivity index (χ1n) is 7.44. The highest BCUT2D eigenvalue weighted by Gasteiger charge is 2.42. The van der Waals surface area contributed by atoms with Crippen LogP contribution in [-0.4, -0.2) is 50.8 Å². The van der Waals surface area contributed by atoms with E-state index in [9.17, 15) is 29.3 Å². The quantitative estimate of drug-likeness (QED) is 0.395. The molecule has 11 heteroatoms. The second kappa shape index (κ2) is 7.95. The summed E-state index contributed by atoms with van der Waals surface area (Å²) in [6, 6.07) is 4.18. The number of amides is 3. The standard InChI is InChI=1S/C15H15N3O7S/c1-8(19)16-9(15(22)23)7-26-12-6-13(20)17(14(12)21)10-4-2-3-5-11(10)18(24)25/h2-5,9,12H,6-7H2,1H3,(H,16,19)(H,22,23). The van der Waals surface area contributed by atoms with Gasteiger partial charge in [0.15, 0.2) is 0 Å². The van der Waals surface area contributed by atoms with Crippen molar-refractivity contribution in [1.82, 2.24) is 5.32 Å². The molecule has 1 aromatic carbocycles. The number of carboxylic acids is 1. The molecule has 1 fully saturated rings. The number of anilines is 1. The zero-order valence-electron chi connectivity index (χ0n) is 13.6. The van der Waals surface area contributed by atoms with Crippen molar-refractivity contribution in [3.05, 3.63) is 34.4 Å². The van der Waals surface area contributed by atoms with Gasteiger partial charge < -0.3 is 10.4 Å². The molecular weight excluding hydrogens is 366 g/mol. The van der Waals surface area contributed by atoms with Gasteiger partial charge in [0, 0.05) is 25.2 Å². The van der Waals surface area contributed by atoms with Crippen LogP contribution >= 0.6 is 11.8 Å². The largest absolute Gasteiger partial charge is 0.480 e. The van der Waals surface area contributed by atoms with E-state index in [2.05, 4.69) is 5.32 Å². The lowest BCUT2D eigenvalue weighted by molar-refractivity contribution is -0.384. The molecule has 0 aliphatic carbocycles. The van der Waals surface area contributed by atoms with Crippen molar-refractivity contribution >= 4 is 46.8 Å². The number of imide groups is 1. The Labute approximate surface area is 151 Å². The maximum absolute atomic E-state index is 12.5. The zero-order valence-corrected chi connectivity index (χ0v) is 14.4. The van der Waals surface area contributed by atoms with Gasteiger partial charge in [-0.1, -0.05) is 12.1 Å². The fourth-order valence-electron chi connectivity index (χ4n) is 2.43. The van der Waals surface area contributed by atoms with E-state index in [0.717, 1.165) is 16.7 Å². The van der Waals surface area contributed by atoms with Crippen molar-refractivity contribution in [2.24, 2.45) is 0 Å². The van der Waals surface area contributed by atoms with E-state index in [1.165, 1.54) is 31.2 Å². The van der Waals surface area contributed by atoms with Gasteiger partial charge in [-0.25, -0.2) is 9.69 Å². The van der Waals surface area contributed by atoms with Crippen LogP contribution in [0.5, 0.6) is 0 Å². The number of nitro benzene ring substituents is 1. The minimum absolute atomic E-state index is 0.118. The van der Waals surface area contributed by atoms with Gasteiger partial charge in [0.2, 0.25) is 17.7 Å². The fourth-order valence-corrected chi connectivity index (χ4v) is 3.59. The lowest BCUT2D eigenvalue weighted by atomic mass is 10.2. The van der Waals surface area contributed by atoms with Crippen LogP contribution in [0, 0.1) is 10.1 Å². The molecule has 2 atom stereocenters. The van der Waals surface area contributed by atoms with E-state index in [0.29, 0.717) is 0 Å². The number of benzene rings is 1. The Kier molecular flexibility index (Phi) is 5.93. The second-order valence-electron chi connectivity index (χ2n) is 5.43. The third kappa shape index (κ3) is 4.17. The van der Waals surface area contributed by atoms with Crippen LogP contribution in [0.4, 0.5) is 11.4 Å². The SMILES string of the molecule is CC(=O)NC(CSC1CC(=O)N(c2ccccc2[N+](=O)[O-])C1=O)C(=O)O. The maximum atomic E-state index is 12.5. The van der Waals surface area contributed by atoms with E-state index in [1.54, 1.807) is 0 Å². The lowest BCUT2D eigenvalue weighted by Crippen LogP contribution is -2.42. The molecule has 0 saturated carbocycles. The normalized spacial score (nSPS) is 17.9. The highest BCUT2D eigenvalue weighted by Crippen LogP contribution is 2.35. The number of para-hydroxylation sites is 2. The van der Waals surface area contributed by atoms with Gasteiger partial charge in [0.25, 0.3) is 5.69 Å². The summed E-state index contributed by atoms with van der Waals surface area (Å²) >= 11 is 0.910. The van der Waals surface area contributed by atoms with Gasteiger partial charge in [0.1, 0.15) is 11.7 Å². The first kappa shape index (κ1) is 19.4. The number of hydrogen-bond donors (Lipinski definition) is 2. The number of nitrogens with zero attached hydrogens (tertiary/aromatic N) is 2. The highest BCUT2D eigenvalue weighted by atomic mass is 32.2. The maximum Gasteiger partial charge on any atom is 0.327 e. The summed E-state index contributed by atoms with van der Waals surface area (Å²) in [5.74, 6) is -3.17. The molecule has 2 N–H and O–H groups in total. The van der Waals surface area contributed by atoms with Crippen molar-refractivity contribution in [2.45, 2.75) is 24.6 Å². The molecule has 26 heavy (non-hydrogen) atoms. The third-order valence-corrected chi connectivity index (χ3v) is 4.86. The number of nitrogens with one attached hydrogen (secondary N) is 1.